The first-order valence-corrected chi connectivity index (χ1v) is 9.79. The molecule has 0 radical (unpaired) electrons. The molecule has 1 aromatic carbocycles. The third kappa shape index (κ3) is 5.13. The molecule has 2 heterocycles. The van der Waals surface area contributed by atoms with E-state index >= 15 is 0 Å². The number of halogens is 1. The number of anilines is 1. The molecule has 0 unspecified atom stereocenters. The maximum atomic E-state index is 12.0. The number of amides is 3. The number of hydrogen-bond donors (Lipinski definition) is 3. The van der Waals surface area contributed by atoms with E-state index in [4.69, 9.17) is 11.6 Å². The molecule has 3 rings (SSSR count). The van der Waals surface area contributed by atoms with Gasteiger partial charge in [-0.05, 0) is 23.6 Å². The number of benzene rings is 1. The normalized spacial score (nSPS) is 10.3. The van der Waals surface area contributed by atoms with Crippen molar-refractivity contribution in [1.82, 2.24) is 15.8 Å². The second kappa shape index (κ2) is 8.76. The van der Waals surface area contributed by atoms with Crippen LogP contribution in [0.15, 0.2) is 47.2 Å². The van der Waals surface area contributed by atoms with Crippen molar-refractivity contribution in [2.75, 3.05) is 5.32 Å². The number of hydrogen-bond acceptors (Lipinski definition) is 6. The summed E-state index contributed by atoms with van der Waals surface area (Å²) in [4.78, 5) is 40.7. The minimum atomic E-state index is -0.517. The molecule has 0 aliphatic heterocycles. The Morgan fingerprint density at radius 3 is 2.56 bits per heavy atom. The van der Waals surface area contributed by atoms with E-state index < -0.39 is 11.8 Å². The zero-order valence-electron chi connectivity index (χ0n) is 13.7. The van der Waals surface area contributed by atoms with Gasteiger partial charge in [-0.25, -0.2) is 4.98 Å². The summed E-state index contributed by atoms with van der Waals surface area (Å²) in [5, 5.41) is 6.84. The van der Waals surface area contributed by atoms with E-state index in [1.807, 2.05) is 5.38 Å². The quantitative estimate of drug-likeness (QED) is 0.552. The standard InChI is InChI=1S/C17H13ClN4O3S2/c18-12-5-2-1-4-11(12)15(24)22-21-14(23)8-10-9-27-17(19-10)20-16(25)13-6-3-7-26-13/h1-7,9H,8H2,(H,21,23)(H,22,24)(H,19,20,25). The lowest BCUT2D eigenvalue weighted by atomic mass is 10.2. The van der Waals surface area contributed by atoms with Crippen LogP contribution in [-0.4, -0.2) is 22.7 Å². The van der Waals surface area contributed by atoms with E-state index in [-0.39, 0.29) is 22.9 Å². The van der Waals surface area contributed by atoms with E-state index in [2.05, 4.69) is 21.2 Å². The van der Waals surface area contributed by atoms with Crippen molar-refractivity contribution in [2.24, 2.45) is 0 Å². The van der Waals surface area contributed by atoms with Gasteiger partial charge < -0.3 is 0 Å². The predicted molar refractivity (Wildman–Crippen MR) is 105 cm³/mol. The largest absolute Gasteiger partial charge is 0.297 e. The molecule has 0 aliphatic rings. The smallest absolute Gasteiger partial charge is 0.271 e. The molecule has 3 aromatic rings. The SMILES string of the molecule is O=C(Cc1csc(NC(=O)c2cccs2)n1)NNC(=O)c1ccccc1Cl. The number of carbonyl (C=O) groups is 3. The van der Waals surface area contributed by atoms with Crippen molar-refractivity contribution in [3.63, 3.8) is 0 Å². The molecule has 27 heavy (non-hydrogen) atoms. The minimum Gasteiger partial charge on any atom is -0.297 e. The van der Waals surface area contributed by atoms with Crippen LogP contribution in [-0.2, 0) is 11.2 Å². The topological polar surface area (TPSA) is 100 Å². The van der Waals surface area contributed by atoms with Crippen LogP contribution < -0.4 is 16.2 Å². The van der Waals surface area contributed by atoms with Gasteiger partial charge in [0.05, 0.1) is 27.6 Å². The van der Waals surface area contributed by atoms with Gasteiger partial charge in [-0.2, -0.15) is 0 Å². The number of rotatable bonds is 5. The second-order valence-electron chi connectivity index (χ2n) is 5.23. The number of nitrogens with one attached hydrogen (secondary N) is 3. The fourth-order valence-electron chi connectivity index (χ4n) is 2.06. The highest BCUT2D eigenvalue weighted by molar-refractivity contribution is 7.14. The fraction of sp³-hybridized carbons (Fsp3) is 0.0588. The lowest BCUT2D eigenvalue weighted by molar-refractivity contribution is -0.121. The van der Waals surface area contributed by atoms with Gasteiger partial charge >= 0.3 is 0 Å². The van der Waals surface area contributed by atoms with E-state index in [0.717, 1.165) is 0 Å². The lowest BCUT2D eigenvalue weighted by Crippen LogP contribution is -2.42. The molecular weight excluding hydrogens is 408 g/mol. The molecule has 138 valence electrons. The van der Waals surface area contributed by atoms with Crippen molar-refractivity contribution >= 4 is 57.1 Å². The average molecular weight is 421 g/mol. The van der Waals surface area contributed by atoms with Crippen molar-refractivity contribution in [1.29, 1.82) is 0 Å². The van der Waals surface area contributed by atoms with E-state index in [0.29, 0.717) is 15.7 Å². The van der Waals surface area contributed by atoms with E-state index in [9.17, 15) is 14.4 Å². The molecule has 0 bridgehead atoms. The Balaban J connectivity index is 1.50. The second-order valence-corrected chi connectivity index (χ2v) is 7.45. The van der Waals surface area contributed by atoms with E-state index in [1.54, 1.807) is 41.8 Å². The molecule has 0 atom stereocenters. The Bertz CT molecular complexity index is 972. The van der Waals surface area contributed by atoms with Crippen LogP contribution >= 0.6 is 34.3 Å². The van der Waals surface area contributed by atoms with Crippen LogP contribution in [0.3, 0.4) is 0 Å². The molecule has 2 aromatic heterocycles. The first kappa shape index (κ1) is 19.0. The molecule has 0 saturated carbocycles. The average Bonchev–Trinajstić information content (AvgIpc) is 3.32. The summed E-state index contributed by atoms with van der Waals surface area (Å²) in [5.41, 5.74) is 5.35. The fourth-order valence-corrected chi connectivity index (χ4v) is 3.61. The summed E-state index contributed by atoms with van der Waals surface area (Å²) in [6, 6.07) is 10.0. The lowest BCUT2D eigenvalue weighted by Gasteiger charge is -2.07. The van der Waals surface area contributed by atoms with Gasteiger partial charge in [0.1, 0.15) is 0 Å². The van der Waals surface area contributed by atoms with Crippen LogP contribution in [0, 0.1) is 0 Å². The monoisotopic (exact) mass is 420 g/mol. The predicted octanol–water partition coefficient (Wildman–Crippen LogP) is 3.11. The summed E-state index contributed by atoms with van der Waals surface area (Å²) in [6.07, 6.45) is -0.0474. The zero-order valence-corrected chi connectivity index (χ0v) is 16.1. The summed E-state index contributed by atoms with van der Waals surface area (Å²) in [6.45, 7) is 0. The minimum absolute atomic E-state index is 0.0474. The zero-order chi connectivity index (χ0) is 19.2. The van der Waals surface area contributed by atoms with E-state index in [1.165, 1.54) is 22.7 Å². The van der Waals surface area contributed by atoms with Gasteiger partial charge in [0.2, 0.25) is 5.91 Å². The van der Waals surface area contributed by atoms with Gasteiger partial charge in [0, 0.05) is 5.38 Å². The number of hydrazine groups is 1. The number of nitrogens with zero attached hydrogens (tertiary/aromatic N) is 1. The number of carbonyl (C=O) groups excluding carboxylic acids is 3. The first-order chi connectivity index (χ1) is 13.0. The van der Waals surface area contributed by atoms with Crippen molar-refractivity contribution in [3.8, 4) is 0 Å². The number of aromatic nitrogens is 1. The molecule has 3 N–H and O–H groups in total. The Kier molecular flexibility index (Phi) is 6.17. The van der Waals surface area contributed by atoms with Crippen LogP contribution in [0.4, 0.5) is 5.13 Å². The molecule has 10 heteroatoms. The third-order valence-corrected chi connectivity index (χ3v) is 5.30. The van der Waals surface area contributed by atoms with Crippen LogP contribution in [0.2, 0.25) is 5.02 Å². The summed E-state index contributed by atoms with van der Waals surface area (Å²) >= 11 is 8.47. The highest BCUT2D eigenvalue weighted by Crippen LogP contribution is 2.18. The van der Waals surface area contributed by atoms with Crippen LogP contribution in [0.1, 0.15) is 25.7 Å². The molecule has 0 fully saturated rings. The van der Waals surface area contributed by atoms with Crippen molar-refractivity contribution < 1.29 is 14.4 Å². The van der Waals surface area contributed by atoms with Crippen molar-refractivity contribution in [3.05, 3.63) is 68.3 Å². The maximum absolute atomic E-state index is 12.0. The Morgan fingerprint density at radius 1 is 1.00 bits per heavy atom. The summed E-state index contributed by atoms with van der Waals surface area (Å²) in [5.74, 6) is -1.21. The van der Waals surface area contributed by atoms with Crippen molar-refractivity contribution in [2.45, 2.75) is 6.42 Å². The number of thiophene rings is 1. The van der Waals surface area contributed by atoms with Gasteiger partial charge in [0.25, 0.3) is 11.8 Å². The van der Waals surface area contributed by atoms with Gasteiger partial charge in [0.15, 0.2) is 5.13 Å². The molecule has 0 saturated heterocycles. The molecule has 3 amide bonds. The van der Waals surface area contributed by atoms with Gasteiger partial charge in [-0.15, -0.1) is 22.7 Å². The molecule has 0 spiro atoms. The Morgan fingerprint density at radius 2 is 1.81 bits per heavy atom. The first-order valence-electron chi connectivity index (χ1n) is 7.66. The molecule has 7 nitrogen and oxygen atoms in total. The van der Waals surface area contributed by atoms with Gasteiger partial charge in [-0.3, -0.25) is 30.6 Å². The highest BCUT2D eigenvalue weighted by Gasteiger charge is 2.13. The van der Waals surface area contributed by atoms with Crippen LogP contribution in [0.25, 0.3) is 0 Å². The number of thiazole rings is 1. The third-order valence-electron chi connectivity index (χ3n) is 3.29. The Labute approximate surface area is 167 Å². The Hall–Kier alpha value is -2.75. The van der Waals surface area contributed by atoms with Crippen LogP contribution in [0.5, 0.6) is 0 Å². The summed E-state index contributed by atoms with van der Waals surface area (Å²) in [7, 11) is 0. The molecule has 0 aliphatic carbocycles. The highest BCUT2D eigenvalue weighted by atomic mass is 35.5. The van der Waals surface area contributed by atoms with Gasteiger partial charge in [-0.1, -0.05) is 29.8 Å². The summed E-state index contributed by atoms with van der Waals surface area (Å²) < 4.78 is 0. The molecular formula is C17H13ClN4O3S2. The maximum Gasteiger partial charge on any atom is 0.271 e.